The highest BCUT2D eigenvalue weighted by Gasteiger charge is 2.34. The van der Waals surface area contributed by atoms with E-state index in [9.17, 15) is 14.4 Å². The SMILES string of the molecule is C#CCN1C(=O)S/C(=C\c2cn(CC(=O)N3CCCC3)c3ccccc23)C1=O. The molecule has 0 atom stereocenters. The van der Waals surface area contributed by atoms with Crippen LogP contribution >= 0.6 is 11.8 Å². The predicted octanol–water partition coefficient (Wildman–Crippen LogP) is 2.93. The van der Waals surface area contributed by atoms with Gasteiger partial charge in [-0.15, -0.1) is 6.42 Å². The Labute approximate surface area is 167 Å². The molecule has 2 aliphatic rings. The Kier molecular flexibility index (Phi) is 4.97. The van der Waals surface area contributed by atoms with Crippen LogP contribution in [0.3, 0.4) is 0 Å². The molecule has 0 bridgehead atoms. The van der Waals surface area contributed by atoms with E-state index in [1.165, 1.54) is 0 Å². The van der Waals surface area contributed by atoms with E-state index in [1.54, 1.807) is 6.08 Å². The molecule has 2 fully saturated rings. The summed E-state index contributed by atoms with van der Waals surface area (Å²) in [5, 5.41) is 0.572. The fourth-order valence-corrected chi connectivity index (χ4v) is 4.43. The molecule has 0 N–H and O–H groups in total. The van der Waals surface area contributed by atoms with Gasteiger partial charge in [-0.1, -0.05) is 24.1 Å². The van der Waals surface area contributed by atoms with E-state index in [0.717, 1.165) is 59.1 Å². The third kappa shape index (κ3) is 3.32. The fraction of sp³-hybridized carbons (Fsp3) is 0.286. The molecular formula is C21H19N3O3S. The minimum absolute atomic E-state index is 0.0336. The lowest BCUT2D eigenvalue weighted by molar-refractivity contribution is -0.130. The number of aromatic nitrogens is 1. The van der Waals surface area contributed by atoms with Crippen molar-refractivity contribution >= 4 is 45.8 Å². The predicted molar refractivity (Wildman–Crippen MR) is 109 cm³/mol. The highest BCUT2D eigenvalue weighted by atomic mass is 32.2. The van der Waals surface area contributed by atoms with Crippen molar-refractivity contribution in [3.63, 3.8) is 0 Å². The number of likely N-dealkylation sites (tertiary alicyclic amines) is 1. The Morgan fingerprint density at radius 1 is 1.21 bits per heavy atom. The summed E-state index contributed by atoms with van der Waals surface area (Å²) in [6.07, 6.45) is 10.9. The number of nitrogens with zero attached hydrogens (tertiary/aromatic N) is 3. The third-order valence-electron chi connectivity index (χ3n) is 4.99. The highest BCUT2D eigenvalue weighted by molar-refractivity contribution is 8.18. The first-order chi connectivity index (χ1) is 13.6. The summed E-state index contributed by atoms with van der Waals surface area (Å²) in [6.45, 7) is 1.85. The molecule has 2 aromatic rings. The zero-order valence-corrected chi connectivity index (χ0v) is 16.1. The van der Waals surface area contributed by atoms with Crippen LogP contribution in [0.4, 0.5) is 4.79 Å². The number of thioether (sulfide) groups is 1. The summed E-state index contributed by atoms with van der Waals surface area (Å²) in [7, 11) is 0. The Morgan fingerprint density at radius 2 is 1.96 bits per heavy atom. The second kappa shape index (κ2) is 7.56. The van der Waals surface area contributed by atoms with Crippen LogP contribution in [0.1, 0.15) is 18.4 Å². The van der Waals surface area contributed by atoms with Crippen molar-refractivity contribution in [3.8, 4) is 12.3 Å². The van der Waals surface area contributed by atoms with Gasteiger partial charge in [0.2, 0.25) is 5.91 Å². The number of para-hydroxylation sites is 1. The summed E-state index contributed by atoms with van der Waals surface area (Å²) in [4.78, 5) is 40.3. The zero-order chi connectivity index (χ0) is 19.7. The number of imide groups is 1. The minimum Gasteiger partial charge on any atom is -0.341 e. The van der Waals surface area contributed by atoms with Crippen LogP contribution in [-0.2, 0) is 16.1 Å². The minimum atomic E-state index is -0.377. The molecule has 142 valence electrons. The molecule has 0 saturated carbocycles. The largest absolute Gasteiger partial charge is 0.341 e. The van der Waals surface area contributed by atoms with Gasteiger partial charge in [0.15, 0.2) is 0 Å². The van der Waals surface area contributed by atoms with E-state index in [1.807, 2.05) is 39.9 Å². The lowest BCUT2D eigenvalue weighted by Crippen LogP contribution is -2.30. The first-order valence-electron chi connectivity index (χ1n) is 9.13. The van der Waals surface area contributed by atoms with Crippen LogP contribution < -0.4 is 0 Å². The Balaban J connectivity index is 1.67. The number of terminal acetylenes is 1. The van der Waals surface area contributed by atoms with E-state index < -0.39 is 0 Å². The second-order valence-corrected chi connectivity index (χ2v) is 7.78. The molecule has 0 unspecified atom stereocenters. The molecular weight excluding hydrogens is 374 g/mol. The van der Waals surface area contributed by atoms with Crippen molar-refractivity contribution in [1.29, 1.82) is 0 Å². The number of carbonyl (C=O) groups is 3. The Bertz CT molecular complexity index is 1040. The topological polar surface area (TPSA) is 62.6 Å². The molecule has 1 aromatic heterocycles. The smallest absolute Gasteiger partial charge is 0.294 e. The molecule has 1 aromatic carbocycles. The zero-order valence-electron chi connectivity index (χ0n) is 15.3. The number of carbonyl (C=O) groups excluding carboxylic acids is 3. The first kappa shape index (κ1) is 18.4. The molecule has 2 saturated heterocycles. The van der Waals surface area contributed by atoms with Gasteiger partial charge in [0.1, 0.15) is 6.54 Å². The van der Waals surface area contributed by atoms with Gasteiger partial charge in [-0.05, 0) is 36.7 Å². The average Bonchev–Trinajstić information content (AvgIpc) is 3.39. The number of fused-ring (bicyclic) bond motifs is 1. The second-order valence-electron chi connectivity index (χ2n) is 6.79. The van der Waals surface area contributed by atoms with Crippen molar-refractivity contribution < 1.29 is 14.4 Å². The van der Waals surface area contributed by atoms with Crippen LogP contribution in [0, 0.1) is 12.3 Å². The average molecular weight is 393 g/mol. The molecule has 0 aliphatic carbocycles. The van der Waals surface area contributed by atoms with Gasteiger partial charge in [0.05, 0.1) is 11.4 Å². The van der Waals surface area contributed by atoms with Crippen LogP contribution in [0.25, 0.3) is 17.0 Å². The monoisotopic (exact) mass is 393 g/mol. The van der Waals surface area contributed by atoms with Crippen molar-refractivity contribution in [3.05, 3.63) is 40.9 Å². The quantitative estimate of drug-likeness (QED) is 0.592. The molecule has 28 heavy (non-hydrogen) atoms. The lowest BCUT2D eigenvalue weighted by Gasteiger charge is -2.15. The van der Waals surface area contributed by atoms with Crippen molar-refractivity contribution in [2.75, 3.05) is 19.6 Å². The van der Waals surface area contributed by atoms with Crippen LogP contribution in [0.2, 0.25) is 0 Å². The number of amides is 3. The normalized spacial score (nSPS) is 18.5. The summed E-state index contributed by atoms with van der Waals surface area (Å²) < 4.78 is 1.91. The molecule has 3 amide bonds. The maximum Gasteiger partial charge on any atom is 0.294 e. The van der Waals surface area contributed by atoms with E-state index in [-0.39, 0.29) is 30.1 Å². The molecule has 2 aliphatic heterocycles. The maximum absolute atomic E-state index is 12.6. The van der Waals surface area contributed by atoms with Gasteiger partial charge in [-0.2, -0.15) is 0 Å². The standard InChI is InChI=1S/C21H19N3O3S/c1-2-9-24-20(26)18(28-21(24)27)12-15-13-23(17-8-4-3-7-16(15)17)14-19(25)22-10-5-6-11-22/h1,3-4,7-8,12-13H,5-6,9-11,14H2/b18-12-. The van der Waals surface area contributed by atoms with Crippen molar-refractivity contribution in [2.24, 2.45) is 0 Å². The van der Waals surface area contributed by atoms with E-state index in [4.69, 9.17) is 6.42 Å². The summed E-state index contributed by atoms with van der Waals surface area (Å²) >= 11 is 0.887. The van der Waals surface area contributed by atoms with E-state index in [2.05, 4.69) is 5.92 Å². The van der Waals surface area contributed by atoms with Crippen LogP contribution in [-0.4, -0.2) is 51.1 Å². The molecule has 4 rings (SSSR count). The molecule has 7 heteroatoms. The van der Waals surface area contributed by atoms with Gasteiger partial charge in [-0.25, -0.2) is 0 Å². The molecule has 3 heterocycles. The highest BCUT2D eigenvalue weighted by Crippen LogP contribution is 2.34. The van der Waals surface area contributed by atoms with Gasteiger partial charge < -0.3 is 9.47 Å². The van der Waals surface area contributed by atoms with E-state index >= 15 is 0 Å². The van der Waals surface area contributed by atoms with Crippen LogP contribution in [0.15, 0.2) is 35.4 Å². The first-order valence-corrected chi connectivity index (χ1v) is 9.94. The fourth-order valence-electron chi connectivity index (χ4n) is 3.60. The van der Waals surface area contributed by atoms with Gasteiger partial charge in [-0.3, -0.25) is 19.3 Å². The molecule has 0 spiro atoms. The number of hydrogen-bond acceptors (Lipinski definition) is 4. The van der Waals surface area contributed by atoms with Gasteiger partial charge in [0, 0.05) is 35.8 Å². The summed E-state index contributed by atoms with van der Waals surface area (Å²) in [5.41, 5.74) is 1.72. The Hall–Kier alpha value is -2.98. The van der Waals surface area contributed by atoms with Gasteiger partial charge >= 0.3 is 0 Å². The van der Waals surface area contributed by atoms with E-state index in [0.29, 0.717) is 4.91 Å². The lowest BCUT2D eigenvalue weighted by atomic mass is 10.1. The number of rotatable bonds is 4. The number of hydrogen-bond donors (Lipinski definition) is 0. The molecule has 6 nitrogen and oxygen atoms in total. The van der Waals surface area contributed by atoms with Crippen LogP contribution in [0.5, 0.6) is 0 Å². The third-order valence-corrected chi connectivity index (χ3v) is 5.90. The summed E-state index contributed by atoms with van der Waals surface area (Å²) in [6, 6.07) is 7.73. The van der Waals surface area contributed by atoms with Crippen molar-refractivity contribution in [1.82, 2.24) is 14.4 Å². The molecule has 0 radical (unpaired) electrons. The van der Waals surface area contributed by atoms with Crippen molar-refractivity contribution in [2.45, 2.75) is 19.4 Å². The number of benzene rings is 1. The van der Waals surface area contributed by atoms with Gasteiger partial charge in [0.25, 0.3) is 11.1 Å². The summed E-state index contributed by atoms with van der Waals surface area (Å²) in [5.74, 6) is 2.05. The maximum atomic E-state index is 12.6. The Morgan fingerprint density at radius 3 is 2.71 bits per heavy atom.